The van der Waals surface area contributed by atoms with E-state index in [4.69, 9.17) is 14.2 Å². The molecular formula is C12H16O6. The Morgan fingerprint density at radius 2 is 2.06 bits per heavy atom. The van der Waals surface area contributed by atoms with Crippen molar-refractivity contribution in [3.63, 3.8) is 0 Å². The third kappa shape index (κ3) is 3.32. The number of rotatable bonds is 4. The van der Waals surface area contributed by atoms with Gasteiger partial charge in [-0.25, -0.2) is 4.79 Å². The fourth-order valence-electron chi connectivity index (χ4n) is 1.40. The van der Waals surface area contributed by atoms with Gasteiger partial charge in [-0.15, -0.1) is 0 Å². The summed E-state index contributed by atoms with van der Waals surface area (Å²) in [5.74, 6) is -3.36. The molecule has 0 bridgehead atoms. The molecule has 6 heteroatoms. The van der Waals surface area contributed by atoms with Crippen LogP contribution in [0.5, 0.6) is 0 Å². The second kappa shape index (κ2) is 5.66. The van der Waals surface area contributed by atoms with Crippen molar-refractivity contribution >= 4 is 17.9 Å². The Bertz CT molecular complexity index is 384. The van der Waals surface area contributed by atoms with Crippen molar-refractivity contribution in [2.24, 2.45) is 5.92 Å². The van der Waals surface area contributed by atoms with E-state index in [1.165, 1.54) is 6.92 Å². The summed E-state index contributed by atoms with van der Waals surface area (Å²) < 4.78 is 14.6. The molecule has 100 valence electrons. The minimum absolute atomic E-state index is 0.143. The molecule has 0 aromatic carbocycles. The van der Waals surface area contributed by atoms with Crippen molar-refractivity contribution in [1.82, 2.24) is 0 Å². The summed E-state index contributed by atoms with van der Waals surface area (Å²) in [6.45, 7) is 8.07. The molecule has 0 saturated carbocycles. The van der Waals surface area contributed by atoms with Gasteiger partial charge in [-0.1, -0.05) is 6.58 Å². The first-order valence-corrected chi connectivity index (χ1v) is 5.56. The van der Waals surface area contributed by atoms with E-state index in [0.717, 1.165) is 0 Å². The molecule has 0 aliphatic carbocycles. The summed E-state index contributed by atoms with van der Waals surface area (Å²) in [5, 5.41) is 0. The topological polar surface area (TPSA) is 78.9 Å². The Morgan fingerprint density at radius 3 is 2.56 bits per heavy atom. The SMILES string of the molecule is C=C(C)C(=O)OC1COC(=O)C1C(=O)OC(C)C. The molecule has 1 saturated heterocycles. The van der Waals surface area contributed by atoms with E-state index in [1.54, 1.807) is 13.8 Å². The number of carbonyl (C=O) groups excluding carboxylic acids is 3. The van der Waals surface area contributed by atoms with Crippen molar-refractivity contribution in [2.45, 2.75) is 33.0 Å². The van der Waals surface area contributed by atoms with Gasteiger partial charge in [-0.05, 0) is 20.8 Å². The van der Waals surface area contributed by atoms with Crippen molar-refractivity contribution in [1.29, 1.82) is 0 Å². The number of carbonyl (C=O) groups is 3. The summed E-state index contributed by atoms with van der Waals surface area (Å²) in [6.07, 6.45) is -1.31. The first-order valence-electron chi connectivity index (χ1n) is 5.56. The molecule has 1 heterocycles. The lowest BCUT2D eigenvalue weighted by atomic mass is 10.1. The summed E-state index contributed by atoms with van der Waals surface area (Å²) in [7, 11) is 0. The molecule has 0 radical (unpaired) electrons. The van der Waals surface area contributed by atoms with Crippen LogP contribution >= 0.6 is 0 Å². The predicted molar refractivity (Wildman–Crippen MR) is 60.4 cm³/mol. The predicted octanol–water partition coefficient (Wildman–Crippen LogP) is 0.599. The maximum Gasteiger partial charge on any atom is 0.333 e. The fraction of sp³-hybridized carbons (Fsp3) is 0.583. The number of hydrogen-bond donors (Lipinski definition) is 0. The molecule has 1 aliphatic rings. The van der Waals surface area contributed by atoms with E-state index < -0.39 is 29.9 Å². The third-order valence-corrected chi connectivity index (χ3v) is 2.23. The molecule has 2 unspecified atom stereocenters. The van der Waals surface area contributed by atoms with Crippen LogP contribution in [-0.2, 0) is 28.6 Å². The van der Waals surface area contributed by atoms with E-state index in [-0.39, 0.29) is 18.3 Å². The third-order valence-electron chi connectivity index (χ3n) is 2.23. The second-order valence-corrected chi connectivity index (χ2v) is 4.32. The molecule has 2 atom stereocenters. The molecular weight excluding hydrogens is 240 g/mol. The van der Waals surface area contributed by atoms with Crippen LogP contribution in [0.1, 0.15) is 20.8 Å². The quantitative estimate of drug-likeness (QED) is 0.317. The number of hydrogen-bond acceptors (Lipinski definition) is 6. The van der Waals surface area contributed by atoms with E-state index >= 15 is 0 Å². The van der Waals surface area contributed by atoms with Crippen LogP contribution in [0, 0.1) is 5.92 Å². The minimum atomic E-state index is -1.21. The molecule has 0 N–H and O–H groups in total. The lowest BCUT2D eigenvalue weighted by molar-refractivity contribution is -0.162. The summed E-state index contributed by atoms with van der Waals surface area (Å²) >= 11 is 0. The van der Waals surface area contributed by atoms with E-state index in [1.807, 2.05) is 0 Å². The average Bonchev–Trinajstić information content (AvgIpc) is 2.58. The van der Waals surface area contributed by atoms with E-state index in [2.05, 4.69) is 6.58 Å². The highest BCUT2D eigenvalue weighted by atomic mass is 16.6. The average molecular weight is 256 g/mol. The molecule has 18 heavy (non-hydrogen) atoms. The van der Waals surface area contributed by atoms with E-state index in [0.29, 0.717) is 0 Å². The number of cyclic esters (lactones) is 1. The van der Waals surface area contributed by atoms with Crippen LogP contribution in [0.15, 0.2) is 12.2 Å². The summed E-state index contributed by atoms with van der Waals surface area (Å²) in [5.41, 5.74) is 0.185. The molecule has 1 aliphatic heterocycles. The van der Waals surface area contributed by atoms with Crippen molar-refractivity contribution in [3.05, 3.63) is 12.2 Å². The van der Waals surface area contributed by atoms with Crippen LogP contribution in [0.2, 0.25) is 0 Å². The second-order valence-electron chi connectivity index (χ2n) is 4.32. The van der Waals surface area contributed by atoms with Gasteiger partial charge in [0.05, 0.1) is 6.10 Å². The van der Waals surface area contributed by atoms with Gasteiger partial charge in [0.1, 0.15) is 6.61 Å². The summed E-state index contributed by atoms with van der Waals surface area (Å²) in [4.78, 5) is 34.5. The van der Waals surface area contributed by atoms with Gasteiger partial charge in [-0.3, -0.25) is 9.59 Å². The fourth-order valence-corrected chi connectivity index (χ4v) is 1.40. The lowest BCUT2D eigenvalue weighted by Crippen LogP contribution is -2.35. The van der Waals surface area contributed by atoms with Gasteiger partial charge in [0, 0.05) is 5.57 Å². The lowest BCUT2D eigenvalue weighted by Gasteiger charge is -2.16. The first-order chi connectivity index (χ1) is 8.32. The molecule has 0 aromatic heterocycles. The zero-order valence-electron chi connectivity index (χ0n) is 10.6. The smallest absolute Gasteiger partial charge is 0.333 e. The normalized spacial score (nSPS) is 22.6. The Labute approximate surface area is 105 Å². The highest BCUT2D eigenvalue weighted by Gasteiger charge is 2.46. The maximum absolute atomic E-state index is 11.7. The molecule has 0 aromatic rings. The molecule has 1 fully saturated rings. The van der Waals surface area contributed by atoms with Gasteiger partial charge in [-0.2, -0.15) is 0 Å². The maximum atomic E-state index is 11.7. The zero-order valence-corrected chi connectivity index (χ0v) is 10.6. The molecule has 1 rings (SSSR count). The van der Waals surface area contributed by atoms with Crippen LogP contribution in [0.25, 0.3) is 0 Å². The van der Waals surface area contributed by atoms with Crippen molar-refractivity contribution < 1.29 is 28.6 Å². The van der Waals surface area contributed by atoms with Crippen molar-refractivity contribution in [2.75, 3.05) is 6.61 Å². The minimum Gasteiger partial charge on any atom is -0.462 e. The Hall–Kier alpha value is -1.85. The van der Waals surface area contributed by atoms with Crippen LogP contribution in [0.3, 0.4) is 0 Å². The van der Waals surface area contributed by atoms with Gasteiger partial charge >= 0.3 is 17.9 Å². The number of ether oxygens (including phenoxy) is 3. The molecule has 6 nitrogen and oxygen atoms in total. The Morgan fingerprint density at radius 1 is 1.44 bits per heavy atom. The van der Waals surface area contributed by atoms with E-state index in [9.17, 15) is 14.4 Å². The van der Waals surface area contributed by atoms with Crippen molar-refractivity contribution in [3.8, 4) is 0 Å². The largest absolute Gasteiger partial charge is 0.462 e. The summed E-state index contributed by atoms with van der Waals surface area (Å²) in [6, 6.07) is 0. The molecule has 0 spiro atoms. The van der Waals surface area contributed by atoms with Gasteiger partial charge < -0.3 is 14.2 Å². The standard InChI is InChI=1S/C12H16O6/c1-6(2)10(13)18-8-5-16-11(14)9(8)12(15)17-7(3)4/h7-9H,1,5H2,2-4H3. The van der Waals surface area contributed by atoms with Gasteiger partial charge in [0.15, 0.2) is 12.0 Å². The zero-order chi connectivity index (χ0) is 13.9. The number of esters is 3. The van der Waals surface area contributed by atoms with Gasteiger partial charge in [0.2, 0.25) is 0 Å². The molecule has 0 amide bonds. The Kier molecular flexibility index (Phi) is 4.47. The first kappa shape index (κ1) is 14.2. The van der Waals surface area contributed by atoms with Crippen LogP contribution in [-0.4, -0.2) is 36.7 Å². The van der Waals surface area contributed by atoms with Gasteiger partial charge in [0.25, 0.3) is 0 Å². The highest BCUT2D eigenvalue weighted by molar-refractivity contribution is 5.97. The monoisotopic (exact) mass is 256 g/mol. The van der Waals surface area contributed by atoms with Crippen LogP contribution in [0.4, 0.5) is 0 Å². The Balaban J connectivity index is 2.73. The van der Waals surface area contributed by atoms with Crippen LogP contribution < -0.4 is 0 Å². The highest BCUT2D eigenvalue weighted by Crippen LogP contribution is 2.21.